The molecule has 0 fully saturated rings. The van der Waals surface area contributed by atoms with Gasteiger partial charge in [-0.15, -0.1) is 0 Å². The van der Waals surface area contributed by atoms with E-state index in [1.165, 1.54) is 37.3 Å². The van der Waals surface area contributed by atoms with Crippen molar-refractivity contribution in [2.24, 2.45) is 5.16 Å². The fourth-order valence-corrected chi connectivity index (χ4v) is 5.56. The van der Waals surface area contributed by atoms with Gasteiger partial charge in [-0.1, -0.05) is 41.0 Å². The summed E-state index contributed by atoms with van der Waals surface area (Å²) in [7, 11) is 0. The quantitative estimate of drug-likeness (QED) is 0.178. The summed E-state index contributed by atoms with van der Waals surface area (Å²) in [4.78, 5) is 31.0. The van der Waals surface area contributed by atoms with Crippen LogP contribution in [0.2, 0.25) is 5.02 Å². The zero-order valence-corrected chi connectivity index (χ0v) is 26.5. The molecule has 1 aliphatic heterocycles. The smallest absolute Gasteiger partial charge is 0.377 e. The normalized spacial score (nSPS) is 17.1. The van der Waals surface area contributed by atoms with Crippen molar-refractivity contribution >= 4 is 57.4 Å². The second-order valence-electron chi connectivity index (χ2n) is 10.6. The van der Waals surface area contributed by atoms with E-state index in [1.54, 1.807) is 26.0 Å². The maximum absolute atomic E-state index is 15.6. The highest BCUT2D eigenvalue weighted by atomic mass is 127. The van der Waals surface area contributed by atoms with E-state index in [0.29, 0.717) is 3.57 Å². The van der Waals surface area contributed by atoms with E-state index >= 15 is 8.78 Å². The minimum atomic E-state index is -6.63. The summed E-state index contributed by atoms with van der Waals surface area (Å²) in [5.41, 5.74) is -4.44. The summed E-state index contributed by atoms with van der Waals surface area (Å²) in [6.45, 7) is 4.79. The molecule has 240 valence electrons. The van der Waals surface area contributed by atoms with E-state index in [-0.39, 0.29) is 44.7 Å². The highest BCUT2D eigenvalue weighted by molar-refractivity contribution is 14.1. The van der Waals surface area contributed by atoms with Crippen LogP contribution in [0.1, 0.15) is 57.7 Å². The van der Waals surface area contributed by atoms with Crippen molar-refractivity contribution in [2.45, 2.75) is 56.9 Å². The van der Waals surface area contributed by atoms with Crippen molar-refractivity contribution in [3.8, 4) is 0 Å². The number of halogens is 9. The molecule has 4 rings (SSSR count). The van der Waals surface area contributed by atoms with Gasteiger partial charge in [0, 0.05) is 32.3 Å². The first-order valence-electron chi connectivity index (χ1n) is 13.2. The molecule has 1 atom stereocenters. The lowest BCUT2D eigenvalue weighted by Crippen LogP contribution is -2.62. The predicted octanol–water partition coefficient (Wildman–Crippen LogP) is 8.50. The molecule has 2 N–H and O–H groups in total. The van der Waals surface area contributed by atoms with Gasteiger partial charge >= 0.3 is 18.0 Å². The number of amides is 2. The average molecular weight is 770 g/mol. The molecule has 6 nitrogen and oxygen atoms in total. The van der Waals surface area contributed by atoms with Crippen LogP contribution < -0.4 is 10.6 Å². The summed E-state index contributed by atoms with van der Waals surface area (Å²) in [5, 5.41) is 9.01. The Kier molecular flexibility index (Phi) is 9.51. The standard InChI is InChI=1S/C30H24ClF7IN3O3/c1-15(2)40-26(44)24-20(5-4-6-21(24)39)25(43)41-22-12-9-18(13-16(22)3)27(28(32,33)29(34,35)30(36,37)38)14-23(42-45-27)17-7-10-19(31)11-8-17/h4-13,15H,14H2,1-3H3,(H,40,44)(H,41,43). The van der Waals surface area contributed by atoms with Gasteiger partial charge in [-0.25, -0.2) is 0 Å². The van der Waals surface area contributed by atoms with Crippen LogP contribution in [0.4, 0.5) is 36.4 Å². The molecule has 0 bridgehead atoms. The number of aryl methyl sites for hydroxylation is 1. The molecule has 1 heterocycles. The number of anilines is 1. The van der Waals surface area contributed by atoms with Gasteiger partial charge in [0.15, 0.2) is 0 Å². The van der Waals surface area contributed by atoms with Gasteiger partial charge in [0.05, 0.1) is 16.8 Å². The van der Waals surface area contributed by atoms with Crippen LogP contribution in [0.3, 0.4) is 0 Å². The van der Waals surface area contributed by atoms with Gasteiger partial charge < -0.3 is 15.5 Å². The first kappa shape index (κ1) is 34.5. The Balaban J connectivity index is 1.74. The molecule has 0 saturated heterocycles. The number of carbonyl (C=O) groups excluding carboxylic acids is 2. The summed E-state index contributed by atoms with van der Waals surface area (Å²) in [6, 6.07) is 12.5. The van der Waals surface area contributed by atoms with Crippen molar-refractivity contribution in [2.75, 3.05) is 5.32 Å². The lowest BCUT2D eigenvalue weighted by Gasteiger charge is -2.39. The van der Waals surface area contributed by atoms with Crippen LogP contribution >= 0.6 is 34.2 Å². The molecular formula is C30H24ClF7IN3O3. The number of rotatable bonds is 8. The second-order valence-corrected chi connectivity index (χ2v) is 12.2. The second kappa shape index (κ2) is 12.4. The van der Waals surface area contributed by atoms with E-state index in [1.807, 2.05) is 22.6 Å². The Labute approximate surface area is 271 Å². The Morgan fingerprint density at radius 3 is 2.20 bits per heavy atom. The Hall–Kier alpha value is -3.40. The monoisotopic (exact) mass is 769 g/mol. The molecule has 2 amide bonds. The van der Waals surface area contributed by atoms with Gasteiger partial charge in [-0.2, -0.15) is 30.7 Å². The summed E-state index contributed by atoms with van der Waals surface area (Å²) in [6.07, 6.45) is -7.79. The molecule has 1 aliphatic rings. The van der Waals surface area contributed by atoms with Crippen molar-refractivity contribution in [1.29, 1.82) is 0 Å². The largest absolute Gasteiger partial charge is 0.460 e. The number of hydrogen-bond acceptors (Lipinski definition) is 4. The van der Waals surface area contributed by atoms with E-state index in [9.17, 15) is 31.5 Å². The molecule has 3 aromatic rings. The number of nitrogens with one attached hydrogen (secondary N) is 2. The number of alkyl halides is 7. The van der Waals surface area contributed by atoms with Crippen molar-refractivity contribution in [3.63, 3.8) is 0 Å². The topological polar surface area (TPSA) is 79.8 Å². The summed E-state index contributed by atoms with van der Waals surface area (Å²) < 4.78 is 101. The minimum Gasteiger partial charge on any atom is -0.377 e. The SMILES string of the molecule is Cc1cc(C2(C(F)(F)C(F)(F)C(F)(F)F)CC(c3ccc(Cl)cc3)=NO2)ccc1NC(=O)c1cccc(I)c1C(=O)NC(C)C. The van der Waals surface area contributed by atoms with Crippen molar-refractivity contribution < 1.29 is 45.2 Å². The van der Waals surface area contributed by atoms with Crippen LogP contribution in [-0.2, 0) is 10.4 Å². The third-order valence-corrected chi connectivity index (χ3v) is 8.16. The van der Waals surface area contributed by atoms with Crippen LogP contribution in [0.5, 0.6) is 0 Å². The van der Waals surface area contributed by atoms with E-state index in [0.717, 1.165) is 18.2 Å². The van der Waals surface area contributed by atoms with Crippen LogP contribution in [0.25, 0.3) is 0 Å². The van der Waals surface area contributed by atoms with Gasteiger partial charge in [0.1, 0.15) is 0 Å². The van der Waals surface area contributed by atoms with Gasteiger partial charge in [0.25, 0.3) is 11.8 Å². The zero-order chi connectivity index (χ0) is 33.5. The van der Waals surface area contributed by atoms with E-state index in [2.05, 4.69) is 15.8 Å². The lowest BCUT2D eigenvalue weighted by molar-refractivity contribution is -0.393. The number of hydrogen-bond donors (Lipinski definition) is 2. The molecule has 0 aromatic heterocycles. The maximum atomic E-state index is 15.6. The average Bonchev–Trinajstić information content (AvgIpc) is 3.40. The molecule has 15 heteroatoms. The Morgan fingerprint density at radius 1 is 0.978 bits per heavy atom. The third-order valence-electron chi connectivity index (χ3n) is 7.01. The zero-order valence-electron chi connectivity index (χ0n) is 23.6. The molecule has 3 aromatic carbocycles. The Bertz CT molecular complexity index is 1660. The lowest BCUT2D eigenvalue weighted by atomic mass is 9.78. The van der Waals surface area contributed by atoms with Crippen molar-refractivity contribution in [1.82, 2.24) is 5.32 Å². The Morgan fingerprint density at radius 2 is 1.62 bits per heavy atom. The first-order chi connectivity index (χ1) is 20.8. The van der Waals surface area contributed by atoms with Gasteiger partial charge in [0.2, 0.25) is 5.60 Å². The van der Waals surface area contributed by atoms with Gasteiger partial charge in [-0.3, -0.25) is 9.59 Å². The molecule has 0 aliphatic carbocycles. The number of nitrogens with zero attached hydrogens (tertiary/aromatic N) is 1. The molecule has 0 saturated carbocycles. The van der Waals surface area contributed by atoms with Crippen molar-refractivity contribution in [3.05, 3.63) is 97.1 Å². The number of carbonyl (C=O) groups is 2. The van der Waals surface area contributed by atoms with Crippen LogP contribution in [0, 0.1) is 10.5 Å². The van der Waals surface area contributed by atoms with E-state index < -0.39 is 47.4 Å². The number of benzene rings is 3. The third kappa shape index (κ3) is 6.35. The number of oxime groups is 1. The fourth-order valence-electron chi connectivity index (χ4n) is 4.69. The highest BCUT2D eigenvalue weighted by Crippen LogP contribution is 2.59. The maximum Gasteiger partial charge on any atom is 0.460 e. The van der Waals surface area contributed by atoms with Crippen LogP contribution in [-0.4, -0.2) is 41.6 Å². The van der Waals surface area contributed by atoms with Crippen LogP contribution in [0.15, 0.2) is 65.8 Å². The predicted molar refractivity (Wildman–Crippen MR) is 162 cm³/mol. The minimum absolute atomic E-state index is 0.00992. The van der Waals surface area contributed by atoms with Gasteiger partial charge in [-0.05, 0) is 90.9 Å². The fraction of sp³-hybridized carbons (Fsp3) is 0.300. The first-order valence-corrected chi connectivity index (χ1v) is 14.6. The van der Waals surface area contributed by atoms with E-state index in [4.69, 9.17) is 16.4 Å². The molecule has 0 radical (unpaired) electrons. The summed E-state index contributed by atoms with van der Waals surface area (Å²) >= 11 is 7.73. The molecule has 45 heavy (non-hydrogen) atoms. The molecular weight excluding hydrogens is 746 g/mol. The highest BCUT2D eigenvalue weighted by Gasteiger charge is 2.82. The summed E-state index contributed by atoms with van der Waals surface area (Å²) in [5.74, 6) is -13.7. The molecule has 0 spiro atoms. The molecule has 1 unspecified atom stereocenters.